The van der Waals surface area contributed by atoms with Crippen LogP contribution in [-0.2, 0) is 9.84 Å². The van der Waals surface area contributed by atoms with E-state index >= 15 is 0 Å². The summed E-state index contributed by atoms with van der Waals surface area (Å²) >= 11 is 0. The summed E-state index contributed by atoms with van der Waals surface area (Å²) in [6, 6.07) is 18.4. The molecule has 0 fully saturated rings. The molecule has 0 atom stereocenters. The number of hydrogen-bond acceptors (Lipinski definition) is 2. The van der Waals surface area contributed by atoms with Crippen molar-refractivity contribution in [2.45, 2.75) is 38.5 Å². The number of sulfone groups is 1. The molecule has 0 aliphatic rings. The molecule has 28 heavy (non-hydrogen) atoms. The lowest BCUT2D eigenvalue weighted by Crippen LogP contribution is -2.03. The van der Waals surface area contributed by atoms with Crippen molar-refractivity contribution in [3.63, 3.8) is 0 Å². The second kappa shape index (κ2) is 10.6. The summed E-state index contributed by atoms with van der Waals surface area (Å²) in [6.45, 7) is 6.12. The molecule has 0 aliphatic carbocycles. The van der Waals surface area contributed by atoms with Crippen LogP contribution in [0.1, 0.15) is 39.2 Å². The molecule has 3 heteroatoms. The Morgan fingerprint density at radius 1 is 0.893 bits per heavy atom. The Kier molecular flexibility index (Phi) is 8.21. The monoisotopic (exact) mass is 392 g/mol. The van der Waals surface area contributed by atoms with Crippen molar-refractivity contribution in [2.24, 2.45) is 0 Å². The number of allylic oxidation sites excluding steroid dienone is 6. The zero-order valence-electron chi connectivity index (χ0n) is 16.8. The molecule has 2 nitrogen and oxygen atoms in total. The predicted octanol–water partition coefficient (Wildman–Crippen LogP) is 6.75. The number of benzene rings is 2. The van der Waals surface area contributed by atoms with Crippen molar-refractivity contribution < 1.29 is 8.42 Å². The van der Waals surface area contributed by atoms with Crippen LogP contribution in [-0.4, -0.2) is 8.42 Å². The fraction of sp³-hybridized carbons (Fsp3) is 0.200. The van der Waals surface area contributed by atoms with Crippen molar-refractivity contribution in [2.75, 3.05) is 0 Å². The van der Waals surface area contributed by atoms with E-state index in [0.29, 0.717) is 9.80 Å². The Hall–Kier alpha value is -2.65. The molecule has 0 radical (unpaired) electrons. The maximum absolute atomic E-state index is 13.1. The third kappa shape index (κ3) is 6.82. The van der Waals surface area contributed by atoms with Gasteiger partial charge in [0.2, 0.25) is 9.84 Å². The summed E-state index contributed by atoms with van der Waals surface area (Å²) in [5.41, 5.74) is 3.34. The van der Waals surface area contributed by atoms with Gasteiger partial charge in [-0.15, -0.1) is 0 Å². The van der Waals surface area contributed by atoms with Crippen molar-refractivity contribution in [1.82, 2.24) is 0 Å². The number of rotatable bonds is 8. The molecule has 2 aromatic carbocycles. The maximum atomic E-state index is 13.1. The van der Waals surface area contributed by atoms with Crippen LogP contribution in [0.3, 0.4) is 0 Å². The molecule has 146 valence electrons. The highest BCUT2D eigenvalue weighted by Gasteiger charge is 2.18. The first-order valence-electron chi connectivity index (χ1n) is 9.43. The first kappa shape index (κ1) is 21.6. The van der Waals surface area contributed by atoms with Crippen molar-refractivity contribution >= 4 is 15.9 Å². The normalized spacial score (nSPS) is 13.0. The van der Waals surface area contributed by atoms with Crippen LogP contribution in [0.15, 0.2) is 106 Å². The minimum absolute atomic E-state index is 0.306. The fourth-order valence-electron chi connectivity index (χ4n) is 2.67. The maximum Gasteiger partial charge on any atom is 0.206 e. The summed E-state index contributed by atoms with van der Waals surface area (Å²) in [4.78, 5) is 0.614. The summed E-state index contributed by atoms with van der Waals surface area (Å²) in [5.74, 6) is 0. The first-order chi connectivity index (χ1) is 13.4. The van der Waals surface area contributed by atoms with Crippen LogP contribution < -0.4 is 0 Å². The van der Waals surface area contributed by atoms with Crippen molar-refractivity contribution in [1.29, 1.82) is 0 Å². The van der Waals surface area contributed by atoms with Crippen LogP contribution in [0.2, 0.25) is 0 Å². The quantitative estimate of drug-likeness (QED) is 0.368. The molecular weight excluding hydrogens is 364 g/mol. The van der Waals surface area contributed by atoms with E-state index in [2.05, 4.69) is 19.9 Å². The summed E-state index contributed by atoms with van der Waals surface area (Å²) in [7, 11) is -3.57. The average molecular weight is 393 g/mol. The molecule has 0 saturated heterocycles. The molecule has 0 N–H and O–H groups in total. The Morgan fingerprint density at radius 2 is 1.50 bits per heavy atom. The van der Waals surface area contributed by atoms with E-state index < -0.39 is 9.84 Å². The molecule has 0 saturated carbocycles. The van der Waals surface area contributed by atoms with Gasteiger partial charge in [-0.2, -0.15) is 0 Å². The topological polar surface area (TPSA) is 34.1 Å². The second-order valence-corrected chi connectivity index (χ2v) is 8.92. The minimum atomic E-state index is -3.57. The van der Waals surface area contributed by atoms with Crippen molar-refractivity contribution in [3.8, 4) is 0 Å². The van der Waals surface area contributed by atoms with Gasteiger partial charge in [0.25, 0.3) is 0 Å². The minimum Gasteiger partial charge on any atom is -0.219 e. The fourth-order valence-corrected chi connectivity index (χ4v) is 4.07. The molecule has 0 spiro atoms. The number of hydrogen-bond donors (Lipinski definition) is 0. The molecule has 0 aromatic heterocycles. The van der Waals surface area contributed by atoms with Gasteiger partial charge in [-0.25, -0.2) is 8.42 Å². The smallest absolute Gasteiger partial charge is 0.206 e. The van der Waals surface area contributed by atoms with E-state index in [0.717, 1.165) is 24.0 Å². The third-order valence-corrected chi connectivity index (χ3v) is 5.96. The van der Waals surface area contributed by atoms with Gasteiger partial charge in [0.05, 0.1) is 9.80 Å². The highest BCUT2D eigenvalue weighted by atomic mass is 32.2. The van der Waals surface area contributed by atoms with Crippen LogP contribution in [0.4, 0.5) is 0 Å². The van der Waals surface area contributed by atoms with Gasteiger partial charge in [0.15, 0.2) is 0 Å². The van der Waals surface area contributed by atoms with E-state index in [4.69, 9.17) is 0 Å². The van der Waals surface area contributed by atoms with Crippen LogP contribution in [0.25, 0.3) is 6.08 Å². The standard InChI is InChI=1S/C25H28O2S/c1-21(2)12-10-13-22(3)20-25(19-11-16-23-14-6-4-7-15-23)28(26,27)24-17-8-5-9-18-24/h4-9,11-12,14-20H,10,13H2,1-3H3/b16-11+,22-20+,25-19+. The Morgan fingerprint density at radius 3 is 2.11 bits per heavy atom. The van der Waals surface area contributed by atoms with Gasteiger partial charge < -0.3 is 0 Å². The second-order valence-electron chi connectivity index (χ2n) is 6.97. The molecule has 0 heterocycles. The van der Waals surface area contributed by atoms with E-state index in [1.54, 1.807) is 42.5 Å². The summed E-state index contributed by atoms with van der Waals surface area (Å²) in [6.07, 6.45) is 11.1. The molecule has 0 amide bonds. The van der Waals surface area contributed by atoms with Gasteiger partial charge in [0.1, 0.15) is 0 Å². The third-order valence-electron chi connectivity index (χ3n) is 4.19. The first-order valence-corrected chi connectivity index (χ1v) is 10.9. The highest BCUT2D eigenvalue weighted by molar-refractivity contribution is 7.95. The molecule has 0 unspecified atom stereocenters. The lowest BCUT2D eigenvalue weighted by atomic mass is 10.1. The largest absolute Gasteiger partial charge is 0.219 e. The zero-order chi connectivity index (χ0) is 20.4. The van der Waals surface area contributed by atoms with E-state index in [1.807, 2.05) is 49.4 Å². The lowest BCUT2D eigenvalue weighted by molar-refractivity contribution is 0.603. The van der Waals surface area contributed by atoms with Gasteiger partial charge in [-0.3, -0.25) is 0 Å². The van der Waals surface area contributed by atoms with Crippen molar-refractivity contribution in [3.05, 3.63) is 107 Å². The Labute approximate surface area is 169 Å². The van der Waals surface area contributed by atoms with Gasteiger partial charge in [0, 0.05) is 0 Å². The lowest BCUT2D eigenvalue weighted by Gasteiger charge is -2.07. The Balaban J connectivity index is 2.36. The van der Waals surface area contributed by atoms with Crippen LogP contribution in [0, 0.1) is 0 Å². The van der Waals surface area contributed by atoms with Gasteiger partial charge in [-0.05, 0) is 63.5 Å². The SMILES string of the molecule is CC(C)=CCC/C(C)=C/C(=C\C=C\c1ccccc1)S(=O)(=O)c1ccccc1. The van der Waals surface area contributed by atoms with Crippen LogP contribution in [0.5, 0.6) is 0 Å². The summed E-state index contributed by atoms with van der Waals surface area (Å²) in [5, 5.41) is 0. The molecule has 2 aromatic rings. The van der Waals surface area contributed by atoms with Gasteiger partial charge in [-0.1, -0.05) is 77.9 Å². The average Bonchev–Trinajstić information content (AvgIpc) is 2.68. The van der Waals surface area contributed by atoms with E-state index in [9.17, 15) is 8.42 Å². The van der Waals surface area contributed by atoms with E-state index in [1.165, 1.54) is 5.57 Å². The van der Waals surface area contributed by atoms with Crippen LogP contribution >= 0.6 is 0 Å². The zero-order valence-corrected chi connectivity index (χ0v) is 17.6. The molecular formula is C25H28O2S. The molecule has 2 rings (SSSR count). The summed E-state index contributed by atoms with van der Waals surface area (Å²) < 4.78 is 26.3. The molecule has 0 bridgehead atoms. The molecule has 0 aliphatic heterocycles. The predicted molar refractivity (Wildman–Crippen MR) is 120 cm³/mol. The highest BCUT2D eigenvalue weighted by Crippen LogP contribution is 2.23. The van der Waals surface area contributed by atoms with E-state index in [-0.39, 0.29) is 0 Å². The van der Waals surface area contributed by atoms with Gasteiger partial charge >= 0.3 is 0 Å². The Bertz CT molecular complexity index is 973.